The average molecular weight is 239 g/mol. The number of nitrogens with zero attached hydrogens (tertiary/aromatic N) is 1. The fourth-order valence-electron chi connectivity index (χ4n) is 2.24. The lowest BCUT2D eigenvalue weighted by Gasteiger charge is -2.32. The highest BCUT2D eigenvalue weighted by Gasteiger charge is 2.23. The van der Waals surface area contributed by atoms with Crippen molar-refractivity contribution < 1.29 is 14.7 Å². The lowest BCUT2D eigenvalue weighted by Crippen LogP contribution is -2.39. The molecule has 17 heavy (non-hydrogen) atoms. The Hall–Kier alpha value is -1.32. The van der Waals surface area contributed by atoms with E-state index in [1.165, 1.54) is 0 Å². The van der Waals surface area contributed by atoms with Gasteiger partial charge in [-0.2, -0.15) is 0 Å². The summed E-state index contributed by atoms with van der Waals surface area (Å²) in [7, 11) is 0. The van der Waals surface area contributed by atoms with Crippen LogP contribution in [0.5, 0.6) is 0 Å². The number of amides is 1. The third-order valence-corrected chi connectivity index (χ3v) is 3.20. The van der Waals surface area contributed by atoms with Gasteiger partial charge in [-0.25, -0.2) is 0 Å². The number of carbonyl (C=O) groups excluding carboxylic acids is 1. The van der Waals surface area contributed by atoms with Gasteiger partial charge in [0.05, 0.1) is 0 Å². The molecule has 1 atom stereocenters. The zero-order valence-corrected chi connectivity index (χ0v) is 10.2. The molecule has 1 N–H and O–H groups in total. The quantitative estimate of drug-likeness (QED) is 0.722. The lowest BCUT2D eigenvalue weighted by atomic mass is 9.93. The summed E-state index contributed by atoms with van der Waals surface area (Å²) < 4.78 is 0. The van der Waals surface area contributed by atoms with Gasteiger partial charge in [-0.05, 0) is 31.6 Å². The molecule has 4 heteroatoms. The maximum absolute atomic E-state index is 11.8. The molecule has 0 spiro atoms. The molecule has 1 heterocycles. The van der Waals surface area contributed by atoms with Crippen molar-refractivity contribution in [2.45, 2.75) is 38.5 Å². The first-order valence-corrected chi connectivity index (χ1v) is 6.24. The van der Waals surface area contributed by atoms with Crippen LogP contribution in [0.2, 0.25) is 0 Å². The second-order valence-corrected chi connectivity index (χ2v) is 4.61. The van der Waals surface area contributed by atoms with Crippen LogP contribution in [-0.4, -0.2) is 35.0 Å². The number of piperidine rings is 1. The molecule has 1 fully saturated rings. The largest absolute Gasteiger partial charge is 0.481 e. The summed E-state index contributed by atoms with van der Waals surface area (Å²) in [5.74, 6) is -0.224. The molecule has 0 bridgehead atoms. The summed E-state index contributed by atoms with van der Waals surface area (Å²) in [6, 6.07) is 0. The van der Waals surface area contributed by atoms with E-state index in [1.54, 1.807) is 6.08 Å². The summed E-state index contributed by atoms with van der Waals surface area (Å²) in [6.07, 6.45) is 5.91. The smallest absolute Gasteiger partial charge is 0.303 e. The zero-order valence-electron chi connectivity index (χ0n) is 10.2. The van der Waals surface area contributed by atoms with E-state index in [9.17, 15) is 9.59 Å². The van der Waals surface area contributed by atoms with Gasteiger partial charge in [-0.15, -0.1) is 6.58 Å². The van der Waals surface area contributed by atoms with Crippen LogP contribution in [0.15, 0.2) is 12.7 Å². The van der Waals surface area contributed by atoms with Crippen LogP contribution in [0.4, 0.5) is 0 Å². The Morgan fingerprint density at radius 2 is 2.18 bits per heavy atom. The molecule has 1 amide bonds. The molecule has 0 aromatic carbocycles. The average Bonchev–Trinajstić information content (AvgIpc) is 2.33. The molecule has 1 unspecified atom stereocenters. The van der Waals surface area contributed by atoms with Crippen LogP contribution in [0, 0.1) is 5.92 Å². The monoisotopic (exact) mass is 239 g/mol. The van der Waals surface area contributed by atoms with Crippen LogP contribution in [0.1, 0.15) is 38.5 Å². The summed E-state index contributed by atoms with van der Waals surface area (Å²) in [5.41, 5.74) is 0. The molecule has 0 aromatic rings. The van der Waals surface area contributed by atoms with Crippen molar-refractivity contribution in [1.29, 1.82) is 0 Å². The number of carboxylic acid groups (broad SMARTS) is 1. The Morgan fingerprint density at radius 3 is 2.82 bits per heavy atom. The van der Waals surface area contributed by atoms with Crippen LogP contribution in [0.3, 0.4) is 0 Å². The number of hydrogen-bond donors (Lipinski definition) is 1. The van der Waals surface area contributed by atoms with Crippen LogP contribution in [0.25, 0.3) is 0 Å². The Labute approximate surface area is 102 Å². The molecule has 0 saturated carbocycles. The van der Waals surface area contributed by atoms with Crippen LogP contribution in [-0.2, 0) is 9.59 Å². The van der Waals surface area contributed by atoms with Crippen molar-refractivity contribution in [3.63, 3.8) is 0 Å². The molecule has 4 nitrogen and oxygen atoms in total. The van der Waals surface area contributed by atoms with E-state index in [0.29, 0.717) is 18.8 Å². The predicted molar refractivity (Wildman–Crippen MR) is 65.6 cm³/mol. The second kappa shape index (κ2) is 7.09. The van der Waals surface area contributed by atoms with E-state index < -0.39 is 5.97 Å². The fraction of sp³-hybridized carbons (Fsp3) is 0.692. The van der Waals surface area contributed by atoms with Crippen molar-refractivity contribution in [3.05, 3.63) is 12.7 Å². The maximum Gasteiger partial charge on any atom is 0.303 e. The molecular weight excluding hydrogens is 218 g/mol. The number of carbonyl (C=O) groups is 2. The first-order chi connectivity index (χ1) is 8.13. The third kappa shape index (κ3) is 5.02. The number of allylic oxidation sites excluding steroid dienone is 1. The first kappa shape index (κ1) is 13.7. The van der Waals surface area contributed by atoms with Crippen LogP contribution < -0.4 is 0 Å². The topological polar surface area (TPSA) is 57.6 Å². The number of aliphatic carboxylic acids is 1. The minimum absolute atomic E-state index is 0.171. The number of hydrogen-bond acceptors (Lipinski definition) is 2. The molecule has 1 aliphatic heterocycles. The van der Waals surface area contributed by atoms with Crippen molar-refractivity contribution in [2.24, 2.45) is 5.92 Å². The third-order valence-electron chi connectivity index (χ3n) is 3.20. The van der Waals surface area contributed by atoms with Crippen molar-refractivity contribution in [1.82, 2.24) is 4.90 Å². The summed E-state index contributed by atoms with van der Waals surface area (Å²) >= 11 is 0. The second-order valence-electron chi connectivity index (χ2n) is 4.61. The SMILES string of the molecule is C=CCCC(=O)N1CCCC(CCC(=O)O)C1. The molecule has 96 valence electrons. The van der Waals surface area contributed by atoms with Crippen molar-refractivity contribution in [3.8, 4) is 0 Å². The molecule has 1 aliphatic rings. The predicted octanol–water partition coefficient (Wildman–Crippen LogP) is 2.06. The maximum atomic E-state index is 11.8. The Balaban J connectivity index is 2.34. The van der Waals surface area contributed by atoms with Gasteiger partial charge in [0.1, 0.15) is 0 Å². The number of likely N-dealkylation sites (tertiary alicyclic amines) is 1. The minimum atomic E-state index is -0.750. The lowest BCUT2D eigenvalue weighted by molar-refractivity contribution is -0.137. The van der Waals surface area contributed by atoms with Gasteiger partial charge in [0.25, 0.3) is 0 Å². The normalized spacial score (nSPS) is 20.0. The van der Waals surface area contributed by atoms with E-state index in [4.69, 9.17) is 5.11 Å². The van der Waals surface area contributed by atoms with E-state index in [1.807, 2.05) is 4.90 Å². The standard InChI is InChI=1S/C13H21NO3/c1-2-3-6-12(15)14-9-4-5-11(10-14)7-8-13(16)17/h2,11H,1,3-10H2,(H,16,17). The van der Waals surface area contributed by atoms with E-state index >= 15 is 0 Å². The van der Waals surface area contributed by atoms with Crippen molar-refractivity contribution >= 4 is 11.9 Å². The molecule has 0 aromatic heterocycles. The van der Waals surface area contributed by atoms with Crippen molar-refractivity contribution in [2.75, 3.05) is 13.1 Å². The highest BCUT2D eigenvalue weighted by molar-refractivity contribution is 5.76. The Bertz CT molecular complexity index is 288. The van der Waals surface area contributed by atoms with Gasteiger partial charge in [0, 0.05) is 25.9 Å². The number of carboxylic acids is 1. The highest BCUT2D eigenvalue weighted by Crippen LogP contribution is 2.21. The van der Waals surface area contributed by atoms with E-state index in [0.717, 1.165) is 32.4 Å². The minimum Gasteiger partial charge on any atom is -0.481 e. The molecular formula is C13H21NO3. The van der Waals surface area contributed by atoms with E-state index in [2.05, 4.69) is 6.58 Å². The van der Waals surface area contributed by atoms with Crippen LogP contribution >= 0.6 is 0 Å². The van der Waals surface area contributed by atoms with Gasteiger partial charge < -0.3 is 10.0 Å². The molecule has 0 radical (unpaired) electrons. The zero-order chi connectivity index (χ0) is 12.7. The van der Waals surface area contributed by atoms with Gasteiger partial charge in [-0.1, -0.05) is 6.08 Å². The Kier molecular flexibility index (Phi) is 5.73. The number of rotatable bonds is 6. The summed E-state index contributed by atoms with van der Waals surface area (Å²) in [4.78, 5) is 24.2. The van der Waals surface area contributed by atoms with Gasteiger partial charge in [-0.3, -0.25) is 9.59 Å². The first-order valence-electron chi connectivity index (χ1n) is 6.24. The van der Waals surface area contributed by atoms with E-state index in [-0.39, 0.29) is 12.3 Å². The molecule has 1 saturated heterocycles. The summed E-state index contributed by atoms with van der Waals surface area (Å²) in [5, 5.41) is 8.64. The fourth-order valence-corrected chi connectivity index (χ4v) is 2.24. The van der Waals surface area contributed by atoms with Gasteiger partial charge >= 0.3 is 5.97 Å². The Morgan fingerprint density at radius 1 is 1.41 bits per heavy atom. The molecule has 0 aliphatic carbocycles. The van der Waals surface area contributed by atoms with Gasteiger partial charge in [0.2, 0.25) is 5.91 Å². The summed E-state index contributed by atoms with van der Waals surface area (Å²) in [6.45, 7) is 5.15. The van der Waals surface area contributed by atoms with Gasteiger partial charge in [0.15, 0.2) is 0 Å². The molecule has 1 rings (SSSR count). The highest BCUT2D eigenvalue weighted by atomic mass is 16.4.